The molecule has 0 spiro atoms. The molecule has 4 heterocycles. The number of aliphatic imine (C=N–C) groups is 2. The van der Waals surface area contributed by atoms with E-state index in [-0.39, 0.29) is 5.92 Å². The molecule has 0 saturated carbocycles. The van der Waals surface area contributed by atoms with Gasteiger partial charge in [0.1, 0.15) is 48.0 Å². The molecule has 0 aliphatic carbocycles. The summed E-state index contributed by atoms with van der Waals surface area (Å²) in [6.07, 6.45) is 16.3. The molecule has 0 aromatic rings. The van der Waals surface area contributed by atoms with Crippen LogP contribution < -0.4 is 11.5 Å². The van der Waals surface area contributed by atoms with Crippen molar-refractivity contribution < 1.29 is 29.9 Å². The molecule has 0 aromatic carbocycles. The summed E-state index contributed by atoms with van der Waals surface area (Å²) in [5, 5.41) is 39.6. The predicted octanol–water partition coefficient (Wildman–Crippen LogP) is -0.720. The largest absolute Gasteiger partial charge is 0.392 e. The van der Waals surface area contributed by atoms with Gasteiger partial charge in [-0.15, -0.1) is 19.4 Å². The number of nitrogens with two attached hydrogens (primary N) is 2. The van der Waals surface area contributed by atoms with Gasteiger partial charge in [-0.2, -0.15) is 0 Å². The molecule has 4 rings (SSSR count). The van der Waals surface area contributed by atoms with Crippen LogP contribution in [0.4, 0.5) is 0 Å². The SMILES string of the molecule is C#C[C@]1(CO)O[C@@H](N2C=CC(N)=NC2=C)[C@@H](C=C)[C@@H]1O.C#C[C@]1(CO)O[C@@H](N2C=CC(N)=NC2=C)[C@@H](CC)[C@@H]1O. The summed E-state index contributed by atoms with van der Waals surface area (Å²) in [6.45, 7) is 12.2. The second-order valence-corrected chi connectivity index (χ2v) is 9.53. The Balaban J connectivity index is 0.000000220. The monoisotopic (exact) mass is 552 g/mol. The Bertz CT molecular complexity index is 1230. The van der Waals surface area contributed by atoms with Crippen molar-refractivity contribution in [2.75, 3.05) is 13.2 Å². The molecular formula is C28H36N6O6. The molecule has 4 aliphatic rings. The highest BCUT2D eigenvalue weighted by Gasteiger charge is 2.55. The Morgan fingerprint density at radius 3 is 1.80 bits per heavy atom. The Labute approximate surface area is 234 Å². The number of hydrogen-bond donors (Lipinski definition) is 6. The number of rotatable bonds is 6. The van der Waals surface area contributed by atoms with Crippen molar-refractivity contribution in [3.8, 4) is 24.7 Å². The van der Waals surface area contributed by atoms with Gasteiger partial charge in [-0.1, -0.05) is 38.0 Å². The Morgan fingerprint density at radius 2 is 1.40 bits per heavy atom. The molecule has 4 aliphatic heterocycles. The van der Waals surface area contributed by atoms with Crippen LogP contribution in [0.25, 0.3) is 0 Å². The molecule has 0 unspecified atom stereocenters. The summed E-state index contributed by atoms with van der Waals surface area (Å²) in [4.78, 5) is 11.4. The van der Waals surface area contributed by atoms with Crippen molar-refractivity contribution in [2.45, 2.75) is 49.2 Å². The quantitative estimate of drug-likeness (QED) is 0.182. The molecule has 12 heteroatoms. The maximum atomic E-state index is 10.4. The van der Waals surface area contributed by atoms with Gasteiger partial charge in [0.05, 0.1) is 19.1 Å². The van der Waals surface area contributed by atoms with Crippen LogP contribution >= 0.6 is 0 Å². The second-order valence-electron chi connectivity index (χ2n) is 9.53. The van der Waals surface area contributed by atoms with E-state index >= 15 is 0 Å². The zero-order valence-corrected chi connectivity index (χ0v) is 22.3. The molecule has 0 amide bonds. The van der Waals surface area contributed by atoms with Gasteiger partial charge in [0.25, 0.3) is 0 Å². The molecule has 2 saturated heterocycles. The molecule has 12 nitrogen and oxygen atoms in total. The molecule has 8 N–H and O–H groups in total. The van der Waals surface area contributed by atoms with Crippen LogP contribution in [0.3, 0.4) is 0 Å². The first-order chi connectivity index (χ1) is 19.0. The maximum absolute atomic E-state index is 10.4. The van der Waals surface area contributed by atoms with Crippen molar-refractivity contribution in [1.29, 1.82) is 0 Å². The second kappa shape index (κ2) is 12.1. The van der Waals surface area contributed by atoms with Crippen LogP contribution in [0.5, 0.6) is 0 Å². The number of hydrogen-bond acceptors (Lipinski definition) is 12. The lowest BCUT2D eigenvalue weighted by Gasteiger charge is -2.32. The normalized spacial score (nSPS) is 36.8. The van der Waals surface area contributed by atoms with Crippen molar-refractivity contribution in [2.24, 2.45) is 33.3 Å². The Kier molecular flexibility index (Phi) is 9.28. The standard InChI is InChI=1S/C14H19N3O3.C14H17N3O3/c2*1-4-10-12(19)14(5-2,8-18)20-13(10)17-7-6-11(15)16-9(17)3/h2,6-7,10,12-13,18-19H,3-4,8H2,1H3,(H2,15,16);2,4,6-7,10,12-13,18-19H,1,3,8H2,(H2,15,16)/t2*10-,12-,13+,14+/m00/s1. The molecular weight excluding hydrogens is 516 g/mol. The van der Waals surface area contributed by atoms with Crippen LogP contribution in [0, 0.1) is 36.5 Å². The Morgan fingerprint density at radius 1 is 0.950 bits per heavy atom. The average Bonchev–Trinajstić information content (AvgIpc) is 3.39. The van der Waals surface area contributed by atoms with Gasteiger partial charge in [0, 0.05) is 18.3 Å². The molecule has 2 fully saturated rings. The number of ether oxygens (including phenoxy) is 2. The minimum absolute atomic E-state index is 0.269. The first kappa shape index (κ1) is 30.7. The smallest absolute Gasteiger partial charge is 0.180 e. The molecule has 0 radical (unpaired) electrons. The van der Waals surface area contributed by atoms with Gasteiger partial charge in [-0.25, -0.2) is 9.98 Å². The lowest BCUT2D eigenvalue weighted by Crippen LogP contribution is -2.43. The van der Waals surface area contributed by atoms with Crippen LogP contribution in [-0.2, 0) is 9.47 Å². The molecule has 40 heavy (non-hydrogen) atoms. The number of amidine groups is 2. The first-order valence-electron chi connectivity index (χ1n) is 12.5. The van der Waals surface area contributed by atoms with Gasteiger partial charge in [0.15, 0.2) is 11.2 Å². The third kappa shape index (κ3) is 5.29. The average molecular weight is 553 g/mol. The van der Waals surface area contributed by atoms with E-state index in [2.05, 4.69) is 41.6 Å². The highest BCUT2D eigenvalue weighted by molar-refractivity contribution is 5.93. The minimum atomic E-state index is -1.47. The van der Waals surface area contributed by atoms with Crippen LogP contribution in [0.15, 0.2) is 72.0 Å². The van der Waals surface area contributed by atoms with E-state index in [1.807, 2.05) is 6.92 Å². The third-order valence-corrected chi connectivity index (χ3v) is 7.26. The maximum Gasteiger partial charge on any atom is 0.180 e. The highest BCUT2D eigenvalue weighted by Crippen LogP contribution is 2.41. The van der Waals surface area contributed by atoms with E-state index in [0.29, 0.717) is 29.7 Å². The van der Waals surface area contributed by atoms with Gasteiger partial charge >= 0.3 is 0 Å². The fourth-order valence-electron chi connectivity index (χ4n) is 4.91. The summed E-state index contributed by atoms with van der Waals surface area (Å²) >= 11 is 0. The summed E-state index contributed by atoms with van der Waals surface area (Å²) in [5.74, 6) is 5.36. The van der Waals surface area contributed by atoms with Crippen molar-refractivity contribution >= 4 is 11.7 Å². The van der Waals surface area contributed by atoms with Crippen LogP contribution in [0.2, 0.25) is 0 Å². The fourth-order valence-corrected chi connectivity index (χ4v) is 4.91. The minimum Gasteiger partial charge on any atom is -0.392 e. The zero-order chi connectivity index (χ0) is 29.8. The fraction of sp³-hybridized carbons (Fsp3) is 0.429. The summed E-state index contributed by atoms with van der Waals surface area (Å²) < 4.78 is 11.5. The van der Waals surface area contributed by atoms with Gasteiger partial charge in [0.2, 0.25) is 0 Å². The lowest BCUT2D eigenvalue weighted by molar-refractivity contribution is -0.0996. The number of nitrogens with zero attached hydrogens (tertiary/aromatic N) is 4. The highest BCUT2D eigenvalue weighted by atomic mass is 16.6. The van der Waals surface area contributed by atoms with Gasteiger partial charge < -0.3 is 51.2 Å². The predicted molar refractivity (Wildman–Crippen MR) is 150 cm³/mol. The lowest BCUT2D eigenvalue weighted by atomic mass is 9.89. The van der Waals surface area contributed by atoms with E-state index in [4.69, 9.17) is 33.8 Å². The van der Waals surface area contributed by atoms with Crippen LogP contribution in [-0.4, -0.2) is 91.0 Å². The van der Waals surface area contributed by atoms with E-state index in [1.54, 1.807) is 34.4 Å². The summed E-state index contributed by atoms with van der Waals surface area (Å²) in [5.41, 5.74) is 8.31. The van der Waals surface area contributed by atoms with E-state index in [1.165, 1.54) is 6.08 Å². The molecule has 214 valence electrons. The van der Waals surface area contributed by atoms with Crippen molar-refractivity contribution in [3.63, 3.8) is 0 Å². The molecule has 0 bridgehead atoms. The zero-order valence-electron chi connectivity index (χ0n) is 22.3. The van der Waals surface area contributed by atoms with Crippen molar-refractivity contribution in [1.82, 2.24) is 9.80 Å². The molecule has 0 aromatic heterocycles. The van der Waals surface area contributed by atoms with Crippen molar-refractivity contribution in [3.05, 3.63) is 62.0 Å². The topological polar surface area (TPSA) is 183 Å². The number of terminal acetylenes is 2. The summed E-state index contributed by atoms with van der Waals surface area (Å²) in [6, 6.07) is 0. The summed E-state index contributed by atoms with van der Waals surface area (Å²) in [7, 11) is 0. The first-order valence-corrected chi connectivity index (χ1v) is 12.5. The van der Waals surface area contributed by atoms with E-state index < -0.39 is 55.0 Å². The number of aliphatic hydroxyl groups is 4. The van der Waals surface area contributed by atoms with E-state index in [9.17, 15) is 20.4 Å². The van der Waals surface area contributed by atoms with Gasteiger partial charge in [-0.3, -0.25) is 0 Å². The molecule has 8 atom stereocenters. The Hall–Kier alpha value is -3.88. The van der Waals surface area contributed by atoms with Crippen LogP contribution in [0.1, 0.15) is 13.3 Å². The number of aliphatic hydroxyl groups excluding tert-OH is 4. The van der Waals surface area contributed by atoms with E-state index in [0.717, 1.165) is 0 Å². The third-order valence-electron chi connectivity index (χ3n) is 7.26. The van der Waals surface area contributed by atoms with Gasteiger partial charge in [-0.05, 0) is 18.6 Å².